The first-order valence-electron chi connectivity index (χ1n) is 11.2. The van der Waals surface area contributed by atoms with Gasteiger partial charge in [0, 0.05) is 0 Å². The van der Waals surface area contributed by atoms with E-state index in [9.17, 15) is 4.79 Å². The second-order valence-corrected chi connectivity index (χ2v) is 9.76. The molecule has 176 valence electrons. The molecule has 0 radical (unpaired) electrons. The molecular formula is C24H24N4O4S2. The number of thiazole rings is 1. The maximum absolute atomic E-state index is 12.4. The van der Waals surface area contributed by atoms with Gasteiger partial charge in [-0.1, -0.05) is 29.2 Å². The Morgan fingerprint density at radius 1 is 1.09 bits per heavy atom. The van der Waals surface area contributed by atoms with E-state index < -0.39 is 0 Å². The molecule has 0 fully saturated rings. The van der Waals surface area contributed by atoms with Gasteiger partial charge in [-0.05, 0) is 74.1 Å². The third-order valence-corrected chi connectivity index (χ3v) is 7.13. The van der Waals surface area contributed by atoms with Crippen LogP contribution in [0.2, 0.25) is 0 Å². The molecule has 5 rings (SSSR count). The topological polar surface area (TPSA) is 99.4 Å². The van der Waals surface area contributed by atoms with E-state index in [1.54, 1.807) is 0 Å². The highest BCUT2D eigenvalue weighted by molar-refractivity contribution is 7.99. The molecule has 2 aromatic carbocycles. The standard InChI is InChI=1S/C24H24N4O4S2/c1-2-30-18-9-10-19-20(12-18)34-23(25-19)26-21(29)14-33-24-28-27-22(32-24)13-31-17-8-7-15-5-3-4-6-16(15)11-17/h7-12H,2-6,13-14H2,1H3,(H,25,26,29). The van der Waals surface area contributed by atoms with Crippen molar-refractivity contribution >= 4 is 44.4 Å². The summed E-state index contributed by atoms with van der Waals surface area (Å²) in [5, 5.41) is 11.7. The van der Waals surface area contributed by atoms with Crippen LogP contribution in [-0.4, -0.2) is 33.4 Å². The Morgan fingerprint density at radius 2 is 1.91 bits per heavy atom. The van der Waals surface area contributed by atoms with Crippen LogP contribution >= 0.6 is 23.1 Å². The summed E-state index contributed by atoms with van der Waals surface area (Å²) in [5.74, 6) is 1.90. The highest BCUT2D eigenvalue weighted by atomic mass is 32.2. The molecule has 1 N–H and O–H groups in total. The number of carbonyl (C=O) groups is 1. The molecule has 10 heteroatoms. The molecule has 8 nitrogen and oxygen atoms in total. The van der Waals surface area contributed by atoms with Crippen LogP contribution < -0.4 is 14.8 Å². The van der Waals surface area contributed by atoms with Gasteiger partial charge in [-0.3, -0.25) is 4.79 Å². The monoisotopic (exact) mass is 496 g/mol. The number of fused-ring (bicyclic) bond motifs is 2. The molecule has 2 heterocycles. The van der Waals surface area contributed by atoms with E-state index >= 15 is 0 Å². The lowest BCUT2D eigenvalue weighted by Gasteiger charge is -2.16. The molecule has 1 amide bonds. The maximum Gasteiger partial charge on any atom is 0.277 e. The Morgan fingerprint density at radius 3 is 2.79 bits per heavy atom. The number of aryl methyl sites for hydroxylation is 2. The summed E-state index contributed by atoms with van der Waals surface area (Å²) in [7, 11) is 0. The third kappa shape index (κ3) is 5.51. The number of rotatable bonds is 9. The van der Waals surface area contributed by atoms with Crippen molar-refractivity contribution in [3.8, 4) is 11.5 Å². The Balaban J connectivity index is 1.11. The lowest BCUT2D eigenvalue weighted by atomic mass is 9.92. The number of anilines is 1. The van der Waals surface area contributed by atoms with Crippen LogP contribution in [0.15, 0.2) is 46.0 Å². The van der Waals surface area contributed by atoms with Gasteiger partial charge in [-0.25, -0.2) is 4.98 Å². The summed E-state index contributed by atoms with van der Waals surface area (Å²) in [6, 6.07) is 11.9. The van der Waals surface area contributed by atoms with Crippen molar-refractivity contribution in [1.29, 1.82) is 0 Å². The lowest BCUT2D eigenvalue weighted by Crippen LogP contribution is -2.13. The molecule has 0 unspecified atom stereocenters. The maximum atomic E-state index is 12.4. The van der Waals surface area contributed by atoms with E-state index in [4.69, 9.17) is 13.9 Å². The zero-order chi connectivity index (χ0) is 23.3. The molecule has 1 aliphatic carbocycles. The zero-order valence-corrected chi connectivity index (χ0v) is 20.3. The number of benzene rings is 2. The van der Waals surface area contributed by atoms with Crippen molar-refractivity contribution in [1.82, 2.24) is 15.2 Å². The van der Waals surface area contributed by atoms with Crippen LogP contribution in [0.1, 0.15) is 36.8 Å². The summed E-state index contributed by atoms with van der Waals surface area (Å²) < 4.78 is 17.9. The molecule has 0 bridgehead atoms. The fraction of sp³-hybridized carbons (Fsp3) is 0.333. The highest BCUT2D eigenvalue weighted by Crippen LogP contribution is 2.30. The number of hydrogen-bond donors (Lipinski definition) is 1. The van der Waals surface area contributed by atoms with Crippen LogP contribution in [0, 0.1) is 0 Å². The van der Waals surface area contributed by atoms with E-state index in [2.05, 4.69) is 32.6 Å². The minimum atomic E-state index is -0.195. The smallest absolute Gasteiger partial charge is 0.277 e. The summed E-state index contributed by atoms with van der Waals surface area (Å²) in [4.78, 5) is 16.8. The van der Waals surface area contributed by atoms with Gasteiger partial charge >= 0.3 is 0 Å². The van der Waals surface area contributed by atoms with Crippen molar-refractivity contribution in [3.05, 3.63) is 53.4 Å². The number of ether oxygens (including phenoxy) is 2. The molecule has 0 saturated carbocycles. The average Bonchev–Trinajstić information content (AvgIpc) is 3.47. The fourth-order valence-corrected chi connectivity index (χ4v) is 5.29. The normalized spacial score (nSPS) is 13.0. The molecule has 1 aliphatic rings. The second-order valence-electron chi connectivity index (χ2n) is 7.81. The van der Waals surface area contributed by atoms with Gasteiger partial charge in [0.1, 0.15) is 11.5 Å². The van der Waals surface area contributed by atoms with Crippen LogP contribution in [0.4, 0.5) is 5.13 Å². The zero-order valence-electron chi connectivity index (χ0n) is 18.7. The molecule has 0 aliphatic heterocycles. The van der Waals surface area contributed by atoms with Crippen molar-refractivity contribution in [2.45, 2.75) is 44.4 Å². The molecule has 0 atom stereocenters. The number of amides is 1. The van der Waals surface area contributed by atoms with Crippen molar-refractivity contribution in [3.63, 3.8) is 0 Å². The summed E-state index contributed by atoms with van der Waals surface area (Å²) in [6.45, 7) is 2.73. The molecular weight excluding hydrogens is 472 g/mol. The summed E-state index contributed by atoms with van der Waals surface area (Å²) in [6.07, 6.45) is 4.72. The number of carbonyl (C=O) groups excluding carboxylic acids is 1. The summed E-state index contributed by atoms with van der Waals surface area (Å²) in [5.41, 5.74) is 3.59. The first kappa shape index (κ1) is 22.7. The first-order chi connectivity index (χ1) is 16.7. The highest BCUT2D eigenvalue weighted by Gasteiger charge is 2.14. The van der Waals surface area contributed by atoms with Gasteiger partial charge in [0.15, 0.2) is 11.7 Å². The summed E-state index contributed by atoms with van der Waals surface area (Å²) >= 11 is 2.58. The van der Waals surface area contributed by atoms with Crippen LogP contribution in [-0.2, 0) is 24.2 Å². The minimum Gasteiger partial charge on any atom is -0.494 e. The molecule has 4 aromatic rings. The fourth-order valence-electron chi connectivity index (χ4n) is 3.80. The Hall–Kier alpha value is -3.11. The van der Waals surface area contributed by atoms with E-state index in [1.807, 2.05) is 31.2 Å². The van der Waals surface area contributed by atoms with Crippen LogP contribution in [0.3, 0.4) is 0 Å². The predicted octanol–water partition coefficient (Wildman–Crippen LogP) is 5.27. The number of hydrogen-bond acceptors (Lipinski definition) is 9. The molecule has 0 spiro atoms. The largest absolute Gasteiger partial charge is 0.494 e. The van der Waals surface area contributed by atoms with Gasteiger partial charge < -0.3 is 19.2 Å². The van der Waals surface area contributed by atoms with E-state index in [-0.39, 0.29) is 18.3 Å². The first-order valence-corrected chi connectivity index (χ1v) is 13.0. The van der Waals surface area contributed by atoms with Gasteiger partial charge in [0.25, 0.3) is 11.1 Å². The minimum absolute atomic E-state index is 0.132. The van der Waals surface area contributed by atoms with E-state index in [0.717, 1.165) is 34.6 Å². The lowest BCUT2D eigenvalue weighted by molar-refractivity contribution is -0.113. The molecule has 0 saturated heterocycles. The van der Waals surface area contributed by atoms with Gasteiger partial charge in [0.2, 0.25) is 5.91 Å². The quantitative estimate of drug-likeness (QED) is 0.313. The Labute approximate surface area is 205 Å². The van der Waals surface area contributed by atoms with Gasteiger partial charge in [0.05, 0.1) is 22.6 Å². The third-order valence-electron chi connectivity index (χ3n) is 5.37. The Kier molecular flexibility index (Phi) is 6.96. The number of nitrogens with one attached hydrogen (secondary N) is 1. The second kappa shape index (κ2) is 10.4. The van der Waals surface area contributed by atoms with E-state index in [1.165, 1.54) is 47.1 Å². The molecule has 2 aromatic heterocycles. The predicted molar refractivity (Wildman–Crippen MR) is 132 cm³/mol. The van der Waals surface area contributed by atoms with Crippen molar-refractivity contribution < 1.29 is 18.7 Å². The van der Waals surface area contributed by atoms with E-state index in [0.29, 0.717) is 22.9 Å². The average molecular weight is 497 g/mol. The molecule has 34 heavy (non-hydrogen) atoms. The van der Waals surface area contributed by atoms with Crippen LogP contribution in [0.25, 0.3) is 10.2 Å². The van der Waals surface area contributed by atoms with Gasteiger partial charge in [-0.2, -0.15) is 0 Å². The number of nitrogens with zero attached hydrogens (tertiary/aromatic N) is 3. The number of aromatic nitrogens is 3. The van der Waals surface area contributed by atoms with Crippen molar-refractivity contribution in [2.75, 3.05) is 17.7 Å². The van der Waals surface area contributed by atoms with Crippen molar-refractivity contribution in [2.24, 2.45) is 0 Å². The Bertz CT molecular complexity index is 1300. The SMILES string of the molecule is CCOc1ccc2nc(NC(=O)CSc3nnc(COc4ccc5c(c4)CCCC5)o3)sc2c1. The van der Waals surface area contributed by atoms with Crippen LogP contribution in [0.5, 0.6) is 11.5 Å². The number of thioether (sulfide) groups is 1. The van der Waals surface area contributed by atoms with Gasteiger partial charge in [-0.15, -0.1) is 10.2 Å².